The van der Waals surface area contributed by atoms with E-state index in [9.17, 15) is 4.79 Å². The summed E-state index contributed by atoms with van der Waals surface area (Å²) in [5, 5.41) is 3.48. The third-order valence-corrected chi connectivity index (χ3v) is 6.06. The molecule has 2 saturated heterocycles. The normalized spacial score (nSPS) is 20.5. The molecule has 0 saturated carbocycles. The summed E-state index contributed by atoms with van der Waals surface area (Å²) in [7, 11) is 0. The average Bonchev–Trinajstić information content (AvgIpc) is 3.02. The Hall–Kier alpha value is -1.00. The van der Waals surface area contributed by atoms with Gasteiger partial charge in [0.15, 0.2) is 0 Å². The summed E-state index contributed by atoms with van der Waals surface area (Å²) in [6.07, 6.45) is 3.58. The second-order valence-corrected chi connectivity index (χ2v) is 7.83. The van der Waals surface area contributed by atoms with Crippen LogP contribution in [-0.4, -0.2) is 42.7 Å². The van der Waals surface area contributed by atoms with Crippen molar-refractivity contribution in [2.24, 2.45) is 5.41 Å². The highest BCUT2D eigenvalue weighted by molar-refractivity contribution is 7.98. The van der Waals surface area contributed by atoms with Gasteiger partial charge in [-0.3, -0.25) is 4.79 Å². The van der Waals surface area contributed by atoms with Crippen LogP contribution in [0.25, 0.3) is 0 Å². The number of piperidine rings is 1. The summed E-state index contributed by atoms with van der Waals surface area (Å²) in [5.74, 6) is 2.37. The van der Waals surface area contributed by atoms with Gasteiger partial charge in [-0.05, 0) is 54.7 Å². The van der Waals surface area contributed by atoms with E-state index in [1.54, 1.807) is 0 Å². The smallest absolute Gasteiger partial charge is 0.253 e. The second-order valence-electron chi connectivity index (χ2n) is 6.55. The number of carbonyl (C=O) groups is 1. The fraction of sp³-hybridized carbons (Fsp3) is 0.611. The number of nitrogens with zero attached hydrogens (tertiary/aromatic N) is 1. The molecule has 2 heterocycles. The highest BCUT2D eigenvalue weighted by Gasteiger charge is 2.38. The van der Waals surface area contributed by atoms with Gasteiger partial charge >= 0.3 is 0 Å². The van der Waals surface area contributed by atoms with Crippen molar-refractivity contribution in [1.29, 1.82) is 0 Å². The number of benzene rings is 1. The number of amides is 1. The van der Waals surface area contributed by atoms with Gasteiger partial charge in [-0.15, -0.1) is 0 Å². The molecule has 1 aromatic carbocycles. The zero-order valence-corrected chi connectivity index (χ0v) is 14.3. The van der Waals surface area contributed by atoms with Gasteiger partial charge in [0.05, 0.1) is 0 Å². The standard InChI is InChI=1S/C18H26N2OS/c1-2-22-13-15-3-5-16(6-4-15)17(21)20-11-8-18(9-12-20)7-10-19-14-18/h3-6,19H,2,7-14H2,1H3. The zero-order chi connectivity index (χ0) is 15.4. The molecule has 0 unspecified atom stereocenters. The van der Waals surface area contributed by atoms with E-state index in [1.807, 2.05) is 28.8 Å². The maximum absolute atomic E-state index is 12.6. The fourth-order valence-electron chi connectivity index (χ4n) is 3.55. The molecule has 3 nitrogen and oxygen atoms in total. The minimum atomic E-state index is 0.204. The lowest BCUT2D eigenvalue weighted by atomic mass is 9.78. The number of carbonyl (C=O) groups excluding carboxylic acids is 1. The SMILES string of the molecule is CCSCc1ccc(C(=O)N2CCC3(CCNC3)CC2)cc1. The molecule has 0 radical (unpaired) electrons. The van der Waals surface area contributed by atoms with Crippen molar-refractivity contribution in [3.8, 4) is 0 Å². The Labute approximate surface area is 137 Å². The van der Waals surface area contributed by atoms with Crippen LogP contribution in [0.4, 0.5) is 0 Å². The van der Waals surface area contributed by atoms with Gasteiger partial charge in [-0.25, -0.2) is 0 Å². The highest BCUT2D eigenvalue weighted by Crippen LogP contribution is 2.37. The van der Waals surface area contributed by atoms with Crippen LogP contribution < -0.4 is 5.32 Å². The Morgan fingerprint density at radius 3 is 2.55 bits per heavy atom. The minimum absolute atomic E-state index is 0.204. The van der Waals surface area contributed by atoms with E-state index in [0.717, 1.165) is 56.1 Å². The predicted molar refractivity (Wildman–Crippen MR) is 93.3 cm³/mol. The Kier molecular flexibility index (Phi) is 5.09. The third kappa shape index (κ3) is 3.49. The van der Waals surface area contributed by atoms with Crippen LogP contribution in [0, 0.1) is 5.41 Å². The first-order chi connectivity index (χ1) is 10.7. The van der Waals surface area contributed by atoms with Crippen LogP contribution in [0.2, 0.25) is 0 Å². The Morgan fingerprint density at radius 2 is 1.95 bits per heavy atom. The average molecular weight is 318 g/mol. The Bertz CT molecular complexity index is 498. The summed E-state index contributed by atoms with van der Waals surface area (Å²) >= 11 is 1.91. The van der Waals surface area contributed by atoms with Crippen LogP contribution in [0.15, 0.2) is 24.3 Å². The Morgan fingerprint density at radius 1 is 1.23 bits per heavy atom. The van der Waals surface area contributed by atoms with Crippen LogP contribution in [-0.2, 0) is 5.75 Å². The van der Waals surface area contributed by atoms with E-state index in [1.165, 1.54) is 12.0 Å². The highest BCUT2D eigenvalue weighted by atomic mass is 32.2. The monoisotopic (exact) mass is 318 g/mol. The van der Waals surface area contributed by atoms with Gasteiger partial charge in [0, 0.05) is 31.0 Å². The van der Waals surface area contributed by atoms with Gasteiger partial charge in [-0.1, -0.05) is 19.1 Å². The molecule has 1 amide bonds. The number of hydrogen-bond donors (Lipinski definition) is 1. The van der Waals surface area contributed by atoms with E-state index >= 15 is 0 Å². The largest absolute Gasteiger partial charge is 0.339 e. The topological polar surface area (TPSA) is 32.3 Å². The molecule has 4 heteroatoms. The molecule has 2 aliphatic heterocycles. The van der Waals surface area contributed by atoms with Crippen molar-refractivity contribution in [2.45, 2.75) is 31.9 Å². The Balaban J connectivity index is 1.57. The van der Waals surface area contributed by atoms with Gasteiger partial charge in [-0.2, -0.15) is 11.8 Å². The van der Waals surface area contributed by atoms with Crippen LogP contribution in [0.3, 0.4) is 0 Å². The first-order valence-electron chi connectivity index (χ1n) is 8.39. The third-order valence-electron chi connectivity index (χ3n) is 5.12. The first-order valence-corrected chi connectivity index (χ1v) is 9.55. The molecule has 1 spiro atoms. The summed E-state index contributed by atoms with van der Waals surface area (Å²) in [5.41, 5.74) is 2.61. The van der Waals surface area contributed by atoms with Gasteiger partial charge < -0.3 is 10.2 Å². The van der Waals surface area contributed by atoms with Gasteiger partial charge in [0.2, 0.25) is 0 Å². The molecule has 0 bridgehead atoms. The summed E-state index contributed by atoms with van der Waals surface area (Å²) in [6, 6.07) is 8.19. The molecular weight excluding hydrogens is 292 g/mol. The maximum atomic E-state index is 12.6. The van der Waals surface area contributed by atoms with Crippen LogP contribution >= 0.6 is 11.8 Å². The molecule has 120 valence electrons. The van der Waals surface area contributed by atoms with E-state index in [4.69, 9.17) is 0 Å². The van der Waals surface area contributed by atoms with Crippen molar-refractivity contribution >= 4 is 17.7 Å². The van der Waals surface area contributed by atoms with E-state index in [2.05, 4.69) is 24.4 Å². The van der Waals surface area contributed by atoms with E-state index < -0.39 is 0 Å². The molecule has 2 fully saturated rings. The predicted octanol–water partition coefficient (Wildman–Crippen LogP) is 3.16. The molecule has 1 N–H and O–H groups in total. The lowest BCUT2D eigenvalue weighted by molar-refractivity contribution is 0.0607. The number of thioether (sulfide) groups is 1. The molecule has 2 aliphatic rings. The lowest BCUT2D eigenvalue weighted by Gasteiger charge is -2.38. The molecule has 1 aromatic rings. The van der Waals surface area contributed by atoms with Crippen LogP contribution in [0.1, 0.15) is 42.1 Å². The molecule has 0 aliphatic carbocycles. The first kappa shape index (κ1) is 15.9. The lowest BCUT2D eigenvalue weighted by Crippen LogP contribution is -2.44. The maximum Gasteiger partial charge on any atom is 0.253 e. The fourth-order valence-corrected chi connectivity index (χ4v) is 4.18. The van der Waals surface area contributed by atoms with Crippen molar-refractivity contribution in [2.75, 3.05) is 31.9 Å². The molecular formula is C18H26N2OS. The van der Waals surface area contributed by atoms with Gasteiger partial charge in [0.25, 0.3) is 5.91 Å². The van der Waals surface area contributed by atoms with E-state index in [-0.39, 0.29) is 5.91 Å². The summed E-state index contributed by atoms with van der Waals surface area (Å²) in [6.45, 7) is 6.28. The molecule has 0 aromatic heterocycles. The molecule has 0 atom stereocenters. The number of rotatable bonds is 4. The zero-order valence-electron chi connectivity index (χ0n) is 13.4. The number of nitrogens with one attached hydrogen (secondary N) is 1. The number of hydrogen-bond acceptors (Lipinski definition) is 3. The van der Waals surface area contributed by atoms with Crippen molar-refractivity contribution in [1.82, 2.24) is 10.2 Å². The number of likely N-dealkylation sites (tertiary alicyclic amines) is 1. The quantitative estimate of drug-likeness (QED) is 0.925. The molecule has 22 heavy (non-hydrogen) atoms. The second kappa shape index (κ2) is 7.05. The minimum Gasteiger partial charge on any atom is -0.339 e. The summed E-state index contributed by atoms with van der Waals surface area (Å²) < 4.78 is 0. The van der Waals surface area contributed by atoms with Crippen molar-refractivity contribution in [3.63, 3.8) is 0 Å². The van der Waals surface area contributed by atoms with Crippen molar-refractivity contribution < 1.29 is 4.79 Å². The molecule has 3 rings (SSSR count). The van der Waals surface area contributed by atoms with Crippen molar-refractivity contribution in [3.05, 3.63) is 35.4 Å². The van der Waals surface area contributed by atoms with Crippen LogP contribution in [0.5, 0.6) is 0 Å². The van der Waals surface area contributed by atoms with E-state index in [0.29, 0.717) is 5.41 Å². The summed E-state index contributed by atoms with van der Waals surface area (Å²) in [4.78, 5) is 14.7. The van der Waals surface area contributed by atoms with Gasteiger partial charge in [0.1, 0.15) is 0 Å².